The van der Waals surface area contributed by atoms with E-state index in [0.29, 0.717) is 18.7 Å². The third-order valence-corrected chi connectivity index (χ3v) is 8.05. The van der Waals surface area contributed by atoms with Crippen molar-refractivity contribution in [3.63, 3.8) is 0 Å². The van der Waals surface area contributed by atoms with Crippen molar-refractivity contribution >= 4 is 23.4 Å². The molecule has 0 amide bonds. The van der Waals surface area contributed by atoms with Crippen LogP contribution in [0.15, 0.2) is 12.2 Å². The highest BCUT2D eigenvalue weighted by atomic mass is 35.5. The van der Waals surface area contributed by atoms with Crippen LogP contribution in [0.1, 0.15) is 103 Å². The predicted octanol–water partition coefficient (Wildman–Crippen LogP) is 6.41. The van der Waals surface area contributed by atoms with Crippen LogP contribution in [0.4, 0.5) is 0 Å². The number of unbranched alkanes of at least 4 members (excludes halogenated alkanes) is 4. The Labute approximate surface area is 227 Å². The number of rotatable bonds is 17. The summed E-state index contributed by atoms with van der Waals surface area (Å²) in [7, 11) is 0. The maximum atomic E-state index is 12.6. The topological polar surface area (TPSA) is 91.3 Å². The molecule has 1 saturated carbocycles. The third kappa shape index (κ3) is 11.3. The summed E-state index contributed by atoms with van der Waals surface area (Å²) in [6, 6.07) is 0. The fourth-order valence-electron chi connectivity index (χ4n) is 5.76. The van der Waals surface area contributed by atoms with Crippen LogP contribution >= 0.6 is 11.6 Å². The van der Waals surface area contributed by atoms with E-state index in [0.717, 1.165) is 96.7 Å². The number of carbonyl (C=O) groups excluding carboxylic acids is 1. The Kier molecular flexibility index (Phi) is 14.5. The normalized spacial score (nSPS) is 30.6. The van der Waals surface area contributed by atoms with Crippen LogP contribution in [0.5, 0.6) is 0 Å². The Hall–Kier alpha value is -0.990. The van der Waals surface area contributed by atoms with Gasteiger partial charge in [-0.15, -0.1) is 11.6 Å². The molecule has 0 aromatic rings. The smallest absolute Gasteiger partial charge is 0.303 e. The van der Waals surface area contributed by atoms with Crippen LogP contribution in [0.25, 0.3) is 0 Å². The highest BCUT2D eigenvalue weighted by Gasteiger charge is 2.45. The molecule has 8 heteroatoms. The number of carboxylic acids is 1. The molecule has 0 aromatic heterocycles. The Morgan fingerprint density at radius 1 is 0.838 bits per heavy atom. The molecule has 2 saturated heterocycles. The molecular formula is C29H47ClO7. The molecule has 1 aliphatic carbocycles. The van der Waals surface area contributed by atoms with Gasteiger partial charge in [-0.3, -0.25) is 9.59 Å². The molecule has 6 atom stereocenters. The Morgan fingerprint density at radius 3 is 2.11 bits per heavy atom. The van der Waals surface area contributed by atoms with E-state index < -0.39 is 5.97 Å². The van der Waals surface area contributed by atoms with Crippen LogP contribution in [-0.2, 0) is 28.5 Å². The van der Waals surface area contributed by atoms with Crippen LogP contribution in [0.2, 0.25) is 0 Å². The van der Waals surface area contributed by atoms with Gasteiger partial charge in [0.1, 0.15) is 0 Å². The van der Waals surface area contributed by atoms with Gasteiger partial charge < -0.3 is 24.1 Å². The highest BCUT2D eigenvalue weighted by Crippen LogP contribution is 2.42. The zero-order valence-electron chi connectivity index (χ0n) is 22.3. The van der Waals surface area contributed by atoms with E-state index >= 15 is 0 Å². The number of aliphatic carboxylic acids is 1. The number of alkyl halides is 1. The quantitative estimate of drug-likeness (QED) is 0.129. The number of hydrogen-bond donors (Lipinski definition) is 1. The molecule has 2 heterocycles. The van der Waals surface area contributed by atoms with Gasteiger partial charge in [0, 0.05) is 44.3 Å². The lowest BCUT2D eigenvalue weighted by Gasteiger charge is -2.30. The molecule has 0 radical (unpaired) electrons. The average Bonchev–Trinajstić information content (AvgIpc) is 3.21. The molecule has 2 unspecified atom stereocenters. The number of hydrogen-bond acceptors (Lipinski definition) is 6. The second kappa shape index (κ2) is 17.6. The summed E-state index contributed by atoms with van der Waals surface area (Å²) in [5, 5.41) is 8.91. The zero-order chi connectivity index (χ0) is 26.3. The van der Waals surface area contributed by atoms with E-state index in [1.165, 1.54) is 0 Å². The van der Waals surface area contributed by atoms with Crippen molar-refractivity contribution in [2.75, 3.05) is 19.1 Å². The summed E-state index contributed by atoms with van der Waals surface area (Å²) in [6.07, 6.45) is 17.2. The maximum absolute atomic E-state index is 12.6. The van der Waals surface area contributed by atoms with Crippen molar-refractivity contribution in [2.24, 2.45) is 11.8 Å². The van der Waals surface area contributed by atoms with E-state index in [-0.39, 0.29) is 48.8 Å². The van der Waals surface area contributed by atoms with Crippen LogP contribution in [-0.4, -0.2) is 60.7 Å². The minimum atomic E-state index is -0.734. The molecule has 3 fully saturated rings. The minimum Gasteiger partial charge on any atom is -0.481 e. The van der Waals surface area contributed by atoms with Crippen molar-refractivity contribution in [1.29, 1.82) is 0 Å². The summed E-state index contributed by atoms with van der Waals surface area (Å²) < 4.78 is 24.9. The molecular weight excluding hydrogens is 496 g/mol. The number of ketones is 1. The Morgan fingerprint density at radius 2 is 1.49 bits per heavy atom. The van der Waals surface area contributed by atoms with Crippen molar-refractivity contribution in [3.05, 3.63) is 12.2 Å². The molecule has 3 aliphatic rings. The second-order valence-corrected chi connectivity index (χ2v) is 11.1. The zero-order valence-corrected chi connectivity index (χ0v) is 23.1. The van der Waals surface area contributed by atoms with Gasteiger partial charge in [-0.1, -0.05) is 25.3 Å². The molecule has 7 nitrogen and oxygen atoms in total. The van der Waals surface area contributed by atoms with Gasteiger partial charge in [0.2, 0.25) is 0 Å². The SMILES string of the molecule is O=C(O)CCCCCC[C@@H]1[C@@H](C=CC(=O)CCCCCl)[C@@H](OC2CCCCO2)C[C@H]1OC1CCCCO1. The van der Waals surface area contributed by atoms with Crippen LogP contribution in [0.3, 0.4) is 0 Å². The van der Waals surface area contributed by atoms with E-state index in [1.807, 2.05) is 0 Å². The standard InChI is InChI=1S/C29H47ClO7/c30-18-8-5-11-22(31)16-17-24-23(12-3-1-2-4-13-27(32)33)25(36-28-14-6-9-19-34-28)21-26(24)37-29-15-7-10-20-35-29/h16-17,23-26,28-29H,1-15,18-21H2,(H,32,33)/t23-,24-,25-,26+,28?,29?/m1/s1. The fraction of sp³-hybridized carbons (Fsp3) is 0.862. The van der Waals surface area contributed by atoms with Gasteiger partial charge in [-0.05, 0) is 76.2 Å². The van der Waals surface area contributed by atoms with Crippen molar-refractivity contribution in [2.45, 2.75) is 128 Å². The predicted molar refractivity (Wildman–Crippen MR) is 143 cm³/mol. The lowest BCUT2D eigenvalue weighted by atomic mass is 9.87. The monoisotopic (exact) mass is 542 g/mol. The Balaban J connectivity index is 1.68. The summed E-state index contributed by atoms with van der Waals surface area (Å²) in [5.74, 6) is 0.252. The van der Waals surface area contributed by atoms with Gasteiger partial charge in [0.15, 0.2) is 18.4 Å². The molecule has 0 bridgehead atoms. The van der Waals surface area contributed by atoms with Crippen molar-refractivity contribution in [3.8, 4) is 0 Å². The number of halogens is 1. The molecule has 0 aromatic carbocycles. The minimum absolute atomic E-state index is 0.00305. The van der Waals surface area contributed by atoms with Crippen LogP contribution in [0, 0.1) is 11.8 Å². The van der Waals surface area contributed by atoms with Crippen molar-refractivity contribution in [1.82, 2.24) is 0 Å². The van der Waals surface area contributed by atoms with Gasteiger partial charge in [0.05, 0.1) is 12.2 Å². The summed E-state index contributed by atoms with van der Waals surface area (Å²) in [6.45, 7) is 1.47. The largest absolute Gasteiger partial charge is 0.481 e. The van der Waals surface area contributed by atoms with Gasteiger partial charge >= 0.3 is 5.97 Å². The molecule has 37 heavy (non-hydrogen) atoms. The number of allylic oxidation sites excluding steroid dienone is 1. The van der Waals surface area contributed by atoms with Crippen LogP contribution < -0.4 is 0 Å². The fourth-order valence-corrected chi connectivity index (χ4v) is 5.95. The lowest BCUT2D eigenvalue weighted by molar-refractivity contribution is -0.204. The van der Waals surface area contributed by atoms with E-state index in [4.69, 9.17) is 35.7 Å². The second-order valence-electron chi connectivity index (χ2n) is 10.7. The first-order chi connectivity index (χ1) is 18.1. The molecule has 0 spiro atoms. The van der Waals surface area contributed by atoms with E-state index in [9.17, 15) is 9.59 Å². The van der Waals surface area contributed by atoms with Crippen molar-refractivity contribution < 1.29 is 33.6 Å². The van der Waals surface area contributed by atoms with Gasteiger partial charge in [0.25, 0.3) is 0 Å². The number of carboxylic acid groups (broad SMARTS) is 1. The third-order valence-electron chi connectivity index (χ3n) is 7.78. The summed E-state index contributed by atoms with van der Waals surface area (Å²) in [5.41, 5.74) is 0. The molecule has 2 aliphatic heterocycles. The van der Waals surface area contributed by atoms with Gasteiger partial charge in [-0.25, -0.2) is 0 Å². The number of ether oxygens (including phenoxy) is 4. The highest BCUT2D eigenvalue weighted by molar-refractivity contribution is 6.17. The lowest BCUT2D eigenvalue weighted by Crippen LogP contribution is -2.31. The van der Waals surface area contributed by atoms with E-state index in [2.05, 4.69) is 6.08 Å². The first-order valence-corrected chi connectivity index (χ1v) is 15.1. The average molecular weight is 543 g/mol. The summed E-state index contributed by atoms with van der Waals surface area (Å²) >= 11 is 5.78. The molecule has 1 N–H and O–H groups in total. The maximum Gasteiger partial charge on any atom is 0.303 e. The Bertz CT molecular complexity index is 688. The summed E-state index contributed by atoms with van der Waals surface area (Å²) in [4.78, 5) is 23.4. The first-order valence-electron chi connectivity index (χ1n) is 14.6. The molecule has 3 rings (SSSR count). The van der Waals surface area contributed by atoms with E-state index in [1.54, 1.807) is 6.08 Å². The van der Waals surface area contributed by atoms with Gasteiger partial charge in [-0.2, -0.15) is 0 Å². The first kappa shape index (κ1) is 30.6. The molecule has 212 valence electrons. The number of carbonyl (C=O) groups is 2.